The van der Waals surface area contributed by atoms with Gasteiger partial charge in [0.2, 0.25) is 0 Å². The van der Waals surface area contributed by atoms with Crippen LogP contribution in [0.4, 0.5) is 5.69 Å². The number of nitriles is 1. The highest BCUT2D eigenvalue weighted by atomic mass is 16.5. The Kier molecular flexibility index (Phi) is 5.74. The second kappa shape index (κ2) is 8.39. The molecule has 0 aliphatic carbocycles. The maximum atomic E-state index is 12.7. The van der Waals surface area contributed by atoms with Gasteiger partial charge in [-0.1, -0.05) is 18.2 Å². The molecule has 138 valence electrons. The Labute approximate surface area is 158 Å². The van der Waals surface area contributed by atoms with Gasteiger partial charge in [0.15, 0.2) is 0 Å². The van der Waals surface area contributed by atoms with Crippen LogP contribution in [-0.2, 0) is 11.3 Å². The third-order valence-electron chi connectivity index (χ3n) is 4.56. The molecule has 0 saturated heterocycles. The van der Waals surface area contributed by atoms with E-state index >= 15 is 0 Å². The molecule has 1 aliphatic rings. The van der Waals surface area contributed by atoms with Gasteiger partial charge in [0.05, 0.1) is 24.3 Å². The van der Waals surface area contributed by atoms with Gasteiger partial charge in [0.1, 0.15) is 5.75 Å². The molecule has 0 bridgehead atoms. The van der Waals surface area contributed by atoms with E-state index in [4.69, 9.17) is 15.7 Å². The first-order valence-electron chi connectivity index (χ1n) is 8.73. The first-order chi connectivity index (χ1) is 13.1. The van der Waals surface area contributed by atoms with Crippen molar-refractivity contribution >= 4 is 11.6 Å². The number of amides is 1. The van der Waals surface area contributed by atoms with Gasteiger partial charge < -0.3 is 15.8 Å². The predicted molar refractivity (Wildman–Crippen MR) is 104 cm³/mol. The Morgan fingerprint density at radius 2 is 2.07 bits per heavy atom. The maximum absolute atomic E-state index is 12.7. The second-order valence-corrected chi connectivity index (χ2v) is 6.46. The van der Waals surface area contributed by atoms with Crippen molar-refractivity contribution in [2.45, 2.75) is 13.0 Å². The summed E-state index contributed by atoms with van der Waals surface area (Å²) in [7, 11) is 1.59. The van der Waals surface area contributed by atoms with Gasteiger partial charge in [-0.15, -0.1) is 0 Å². The van der Waals surface area contributed by atoms with E-state index in [-0.39, 0.29) is 5.91 Å². The van der Waals surface area contributed by atoms with Crippen LogP contribution in [0.25, 0.3) is 0 Å². The fourth-order valence-corrected chi connectivity index (χ4v) is 3.04. The Morgan fingerprint density at radius 1 is 1.30 bits per heavy atom. The van der Waals surface area contributed by atoms with Gasteiger partial charge in [0.25, 0.3) is 5.91 Å². The van der Waals surface area contributed by atoms with Gasteiger partial charge >= 0.3 is 0 Å². The van der Waals surface area contributed by atoms with E-state index in [1.165, 1.54) is 0 Å². The van der Waals surface area contributed by atoms with Crippen LogP contribution in [0.5, 0.6) is 5.75 Å². The molecule has 1 amide bonds. The molecule has 0 aromatic heterocycles. The van der Waals surface area contributed by atoms with Crippen molar-refractivity contribution in [3.8, 4) is 11.8 Å². The summed E-state index contributed by atoms with van der Waals surface area (Å²) < 4.78 is 5.19. The molecule has 27 heavy (non-hydrogen) atoms. The summed E-state index contributed by atoms with van der Waals surface area (Å²) in [5, 5.41) is 11.8. The number of carbonyl (C=O) groups is 1. The molecule has 6 nitrogen and oxygen atoms in total. The summed E-state index contributed by atoms with van der Waals surface area (Å²) >= 11 is 0. The minimum Gasteiger partial charge on any atom is -0.497 e. The summed E-state index contributed by atoms with van der Waals surface area (Å²) in [6, 6.07) is 16.8. The van der Waals surface area contributed by atoms with Crippen LogP contribution < -0.4 is 15.8 Å². The van der Waals surface area contributed by atoms with Gasteiger partial charge in [-0.3, -0.25) is 9.69 Å². The lowest BCUT2D eigenvalue weighted by Crippen LogP contribution is -2.37. The molecule has 0 atom stereocenters. The average molecular weight is 362 g/mol. The van der Waals surface area contributed by atoms with E-state index in [1.54, 1.807) is 25.3 Å². The fourth-order valence-electron chi connectivity index (χ4n) is 3.04. The van der Waals surface area contributed by atoms with Crippen molar-refractivity contribution in [3.05, 3.63) is 70.9 Å². The van der Waals surface area contributed by atoms with Crippen molar-refractivity contribution < 1.29 is 9.53 Å². The molecule has 2 aromatic rings. The Morgan fingerprint density at radius 3 is 2.78 bits per heavy atom. The molecule has 0 saturated carbocycles. The summed E-state index contributed by atoms with van der Waals surface area (Å²) in [5.74, 6) is 0.492. The topological polar surface area (TPSA) is 91.4 Å². The fraction of sp³-hybridized carbons (Fsp3) is 0.238. The number of nitrogens with zero attached hydrogens (tertiary/aromatic N) is 2. The summed E-state index contributed by atoms with van der Waals surface area (Å²) in [6.07, 6.45) is 0.650. The monoisotopic (exact) mass is 362 g/mol. The van der Waals surface area contributed by atoms with Crippen molar-refractivity contribution in [2.75, 3.05) is 25.5 Å². The van der Waals surface area contributed by atoms with E-state index < -0.39 is 0 Å². The standard InChI is InChI=1S/C21H22N4O2/c1-27-18-4-2-3-17(11-18)24-21(26)19-14-25(10-9-20(19)23)13-16-7-5-15(12-22)6-8-16/h2-8,11H,9-10,13-14,23H2,1H3,(H,24,26). The minimum absolute atomic E-state index is 0.190. The molecule has 0 unspecified atom stereocenters. The second-order valence-electron chi connectivity index (χ2n) is 6.46. The van der Waals surface area contributed by atoms with Gasteiger partial charge in [-0.05, 0) is 29.8 Å². The number of benzene rings is 2. The van der Waals surface area contributed by atoms with Gasteiger partial charge in [-0.25, -0.2) is 0 Å². The minimum atomic E-state index is -0.190. The molecule has 1 heterocycles. The molecule has 0 spiro atoms. The molecule has 0 fully saturated rings. The van der Waals surface area contributed by atoms with Crippen LogP contribution in [0.3, 0.4) is 0 Å². The number of hydrogen-bond acceptors (Lipinski definition) is 5. The zero-order valence-electron chi connectivity index (χ0n) is 15.2. The van der Waals surface area contributed by atoms with E-state index in [1.807, 2.05) is 30.3 Å². The van der Waals surface area contributed by atoms with Crippen LogP contribution in [0.15, 0.2) is 59.8 Å². The maximum Gasteiger partial charge on any atom is 0.254 e. The number of nitrogens with one attached hydrogen (secondary N) is 1. The zero-order chi connectivity index (χ0) is 19.2. The molecular formula is C21H22N4O2. The van der Waals surface area contributed by atoms with Gasteiger partial charge in [-0.2, -0.15) is 5.26 Å². The van der Waals surface area contributed by atoms with Crippen LogP contribution in [0.1, 0.15) is 17.5 Å². The van der Waals surface area contributed by atoms with Crippen molar-refractivity contribution in [1.82, 2.24) is 4.90 Å². The smallest absolute Gasteiger partial charge is 0.254 e. The average Bonchev–Trinajstić information content (AvgIpc) is 2.70. The molecule has 3 N–H and O–H groups in total. The molecule has 1 aliphatic heterocycles. The number of methoxy groups -OCH3 is 1. The highest BCUT2D eigenvalue weighted by molar-refractivity contribution is 6.04. The lowest BCUT2D eigenvalue weighted by atomic mass is 10.0. The van der Waals surface area contributed by atoms with Crippen molar-refractivity contribution in [1.29, 1.82) is 5.26 Å². The summed E-state index contributed by atoms with van der Waals surface area (Å²) in [4.78, 5) is 14.9. The van der Waals surface area contributed by atoms with E-state index in [2.05, 4.69) is 16.3 Å². The lowest BCUT2D eigenvalue weighted by molar-refractivity contribution is -0.113. The molecule has 3 rings (SSSR count). The first kappa shape index (κ1) is 18.5. The SMILES string of the molecule is COc1cccc(NC(=O)C2=C(N)CCN(Cc3ccc(C#N)cc3)C2)c1. The lowest BCUT2D eigenvalue weighted by Gasteiger charge is -2.29. The van der Waals surface area contributed by atoms with E-state index in [9.17, 15) is 4.79 Å². The Bertz CT molecular complexity index is 897. The number of ether oxygens (including phenoxy) is 1. The predicted octanol–water partition coefficient (Wildman–Crippen LogP) is 2.62. The third kappa shape index (κ3) is 4.66. The Hall–Kier alpha value is -3.30. The number of hydrogen-bond donors (Lipinski definition) is 2. The highest BCUT2D eigenvalue weighted by Gasteiger charge is 2.22. The molecule has 0 radical (unpaired) electrons. The van der Waals surface area contributed by atoms with Crippen LogP contribution in [-0.4, -0.2) is 31.0 Å². The number of nitrogens with two attached hydrogens (primary N) is 1. The largest absolute Gasteiger partial charge is 0.497 e. The molecule has 2 aromatic carbocycles. The van der Waals surface area contributed by atoms with Crippen molar-refractivity contribution in [2.24, 2.45) is 5.73 Å². The normalized spacial score (nSPS) is 14.5. The zero-order valence-corrected chi connectivity index (χ0v) is 15.2. The quantitative estimate of drug-likeness (QED) is 0.853. The third-order valence-corrected chi connectivity index (χ3v) is 4.56. The highest BCUT2D eigenvalue weighted by Crippen LogP contribution is 2.21. The summed E-state index contributed by atoms with van der Waals surface area (Å²) in [5.41, 5.74) is 9.75. The number of anilines is 1. The van der Waals surface area contributed by atoms with Crippen LogP contribution in [0.2, 0.25) is 0 Å². The van der Waals surface area contributed by atoms with E-state index in [0.29, 0.717) is 47.8 Å². The Balaban J connectivity index is 1.67. The number of carbonyl (C=O) groups excluding carboxylic acids is 1. The summed E-state index contributed by atoms with van der Waals surface area (Å²) in [6.45, 7) is 1.98. The number of rotatable bonds is 5. The van der Waals surface area contributed by atoms with Gasteiger partial charge in [0, 0.05) is 43.5 Å². The van der Waals surface area contributed by atoms with Crippen LogP contribution >= 0.6 is 0 Å². The molecule has 6 heteroatoms. The molecular weight excluding hydrogens is 340 g/mol. The van der Waals surface area contributed by atoms with Crippen molar-refractivity contribution in [3.63, 3.8) is 0 Å². The van der Waals surface area contributed by atoms with E-state index in [0.717, 1.165) is 12.1 Å². The first-order valence-corrected chi connectivity index (χ1v) is 8.73. The van der Waals surface area contributed by atoms with Crippen LogP contribution in [0, 0.1) is 11.3 Å².